The Bertz CT molecular complexity index is 475. The number of carboxylic acids is 1. The molecular weight excluding hydrogens is 256 g/mol. The summed E-state index contributed by atoms with van der Waals surface area (Å²) in [5.74, 6) is 1.77. The van der Waals surface area contributed by atoms with E-state index in [2.05, 4.69) is 22.4 Å². The van der Waals surface area contributed by atoms with Crippen molar-refractivity contribution >= 4 is 5.97 Å². The molecule has 0 bridgehead atoms. The predicted molar refractivity (Wildman–Crippen MR) is 72.2 cm³/mol. The summed E-state index contributed by atoms with van der Waals surface area (Å²) in [5, 5.41) is 21.3. The van der Waals surface area contributed by atoms with Crippen molar-refractivity contribution in [3.8, 4) is 0 Å². The fraction of sp³-hybridized carbons (Fsp3) is 0.857. The molecule has 1 heterocycles. The molecule has 0 radical (unpaired) electrons. The Morgan fingerprint density at radius 1 is 1.30 bits per heavy atom. The van der Waals surface area contributed by atoms with E-state index in [9.17, 15) is 4.79 Å². The maximum Gasteiger partial charge on any atom is 0.305 e. The van der Waals surface area contributed by atoms with E-state index in [1.807, 2.05) is 4.68 Å². The Hall–Kier alpha value is -1.46. The number of hydrogen-bond acceptors (Lipinski definition) is 4. The van der Waals surface area contributed by atoms with Crippen LogP contribution < -0.4 is 0 Å². The maximum atomic E-state index is 11.1. The largest absolute Gasteiger partial charge is 0.481 e. The fourth-order valence-corrected chi connectivity index (χ4v) is 3.34. The van der Waals surface area contributed by atoms with Gasteiger partial charge in [0, 0.05) is 5.92 Å². The van der Waals surface area contributed by atoms with E-state index in [0.717, 1.165) is 37.4 Å². The summed E-state index contributed by atoms with van der Waals surface area (Å²) in [7, 11) is 0. The van der Waals surface area contributed by atoms with Crippen LogP contribution in [0.25, 0.3) is 0 Å². The van der Waals surface area contributed by atoms with E-state index < -0.39 is 5.97 Å². The number of nitrogens with zero attached hydrogens (tertiary/aromatic N) is 4. The van der Waals surface area contributed by atoms with Crippen LogP contribution in [0.1, 0.15) is 69.7 Å². The lowest BCUT2D eigenvalue weighted by atomic mass is 9.82. The topological polar surface area (TPSA) is 80.9 Å². The SMILES string of the molecule is CC1CCC(c2nnnn2C(CC(=O)O)C2CC2)CC1. The van der Waals surface area contributed by atoms with Crippen molar-refractivity contribution in [2.45, 2.75) is 63.8 Å². The zero-order valence-corrected chi connectivity index (χ0v) is 11.9. The van der Waals surface area contributed by atoms with Crippen LogP contribution in [0.4, 0.5) is 0 Å². The predicted octanol–water partition coefficient (Wildman–Crippen LogP) is 2.39. The first-order chi connectivity index (χ1) is 9.65. The lowest BCUT2D eigenvalue weighted by Gasteiger charge is -2.26. The van der Waals surface area contributed by atoms with Crippen molar-refractivity contribution < 1.29 is 9.90 Å². The number of aromatic nitrogens is 4. The molecule has 3 rings (SSSR count). The summed E-state index contributed by atoms with van der Waals surface area (Å²) in [4.78, 5) is 11.1. The fourth-order valence-electron chi connectivity index (χ4n) is 3.34. The van der Waals surface area contributed by atoms with E-state index >= 15 is 0 Å². The highest BCUT2D eigenvalue weighted by Gasteiger charge is 2.37. The van der Waals surface area contributed by atoms with Crippen LogP contribution in [0.3, 0.4) is 0 Å². The van der Waals surface area contributed by atoms with Crippen LogP contribution in [0, 0.1) is 11.8 Å². The zero-order chi connectivity index (χ0) is 14.1. The Kier molecular flexibility index (Phi) is 3.72. The van der Waals surface area contributed by atoms with Crippen molar-refractivity contribution in [3.05, 3.63) is 5.82 Å². The van der Waals surface area contributed by atoms with Crippen LogP contribution in [-0.4, -0.2) is 31.3 Å². The number of tetrazole rings is 1. The zero-order valence-electron chi connectivity index (χ0n) is 11.9. The minimum absolute atomic E-state index is 0.0585. The number of carbonyl (C=O) groups is 1. The summed E-state index contributed by atoms with van der Waals surface area (Å²) in [5.41, 5.74) is 0. The average Bonchev–Trinajstić information content (AvgIpc) is 3.14. The highest BCUT2D eigenvalue weighted by Crippen LogP contribution is 2.43. The molecular formula is C14H22N4O2. The van der Waals surface area contributed by atoms with Gasteiger partial charge in [0.2, 0.25) is 0 Å². The van der Waals surface area contributed by atoms with Crippen molar-refractivity contribution in [3.63, 3.8) is 0 Å². The van der Waals surface area contributed by atoms with E-state index in [-0.39, 0.29) is 12.5 Å². The molecule has 1 atom stereocenters. The van der Waals surface area contributed by atoms with Gasteiger partial charge in [-0.1, -0.05) is 19.8 Å². The molecule has 6 heteroatoms. The van der Waals surface area contributed by atoms with E-state index in [0.29, 0.717) is 11.8 Å². The van der Waals surface area contributed by atoms with Crippen molar-refractivity contribution in [1.29, 1.82) is 0 Å². The molecule has 20 heavy (non-hydrogen) atoms. The third-order valence-corrected chi connectivity index (χ3v) is 4.76. The molecule has 1 aromatic rings. The van der Waals surface area contributed by atoms with Gasteiger partial charge >= 0.3 is 5.97 Å². The Balaban J connectivity index is 1.79. The highest BCUT2D eigenvalue weighted by molar-refractivity contribution is 5.67. The summed E-state index contributed by atoms with van der Waals surface area (Å²) >= 11 is 0. The first-order valence-corrected chi connectivity index (χ1v) is 7.64. The first-order valence-electron chi connectivity index (χ1n) is 7.64. The highest BCUT2D eigenvalue weighted by atomic mass is 16.4. The summed E-state index contributed by atoms with van der Waals surface area (Å²) < 4.78 is 1.83. The average molecular weight is 278 g/mol. The smallest absolute Gasteiger partial charge is 0.305 e. The van der Waals surface area contributed by atoms with Crippen LogP contribution >= 0.6 is 0 Å². The second kappa shape index (κ2) is 5.50. The molecule has 2 aliphatic rings. The van der Waals surface area contributed by atoms with E-state index in [1.54, 1.807) is 0 Å². The molecule has 1 unspecified atom stereocenters. The molecule has 0 spiro atoms. The Labute approximate surface area is 118 Å². The third kappa shape index (κ3) is 2.83. The van der Waals surface area contributed by atoms with Gasteiger partial charge in [-0.25, -0.2) is 4.68 Å². The molecule has 1 N–H and O–H groups in total. The molecule has 0 amide bonds. The lowest BCUT2D eigenvalue weighted by Crippen LogP contribution is -2.22. The molecule has 2 aliphatic carbocycles. The molecule has 0 saturated heterocycles. The van der Waals surface area contributed by atoms with Gasteiger partial charge in [-0.2, -0.15) is 0 Å². The maximum absolute atomic E-state index is 11.1. The Morgan fingerprint density at radius 3 is 2.60 bits per heavy atom. The van der Waals surface area contributed by atoms with Gasteiger partial charge in [0.25, 0.3) is 0 Å². The minimum atomic E-state index is -0.763. The normalized spacial score (nSPS) is 28.2. The number of rotatable bonds is 5. The van der Waals surface area contributed by atoms with E-state index in [1.165, 1.54) is 12.8 Å². The standard InChI is InChI=1S/C14H22N4O2/c1-9-2-4-11(5-3-9)14-15-16-17-18(14)12(8-13(19)20)10-6-7-10/h9-12H,2-8H2,1H3,(H,19,20). The van der Waals surface area contributed by atoms with Gasteiger partial charge in [-0.15, -0.1) is 5.10 Å². The molecule has 0 aliphatic heterocycles. The van der Waals surface area contributed by atoms with Crippen molar-refractivity contribution in [2.24, 2.45) is 11.8 Å². The summed E-state index contributed by atoms with van der Waals surface area (Å²) in [6, 6.07) is -0.0585. The van der Waals surface area contributed by atoms with Gasteiger partial charge in [0.15, 0.2) is 5.82 Å². The second-order valence-corrected chi connectivity index (χ2v) is 6.44. The van der Waals surface area contributed by atoms with Crippen LogP contribution in [0.15, 0.2) is 0 Å². The van der Waals surface area contributed by atoms with Gasteiger partial charge in [-0.3, -0.25) is 4.79 Å². The lowest BCUT2D eigenvalue weighted by molar-refractivity contribution is -0.138. The van der Waals surface area contributed by atoms with Gasteiger partial charge < -0.3 is 5.11 Å². The summed E-state index contributed by atoms with van der Waals surface area (Å²) in [6.45, 7) is 2.29. The van der Waals surface area contributed by atoms with Crippen LogP contribution in [-0.2, 0) is 4.79 Å². The number of carboxylic acid groups (broad SMARTS) is 1. The Morgan fingerprint density at radius 2 is 2.00 bits per heavy atom. The van der Waals surface area contributed by atoms with Gasteiger partial charge in [0.1, 0.15) is 0 Å². The molecule has 2 fully saturated rings. The molecule has 0 aromatic carbocycles. The van der Waals surface area contributed by atoms with Gasteiger partial charge in [0.05, 0.1) is 12.5 Å². The minimum Gasteiger partial charge on any atom is -0.481 e. The molecule has 6 nitrogen and oxygen atoms in total. The monoisotopic (exact) mass is 278 g/mol. The summed E-state index contributed by atoms with van der Waals surface area (Å²) in [6.07, 6.45) is 6.98. The molecule has 2 saturated carbocycles. The quantitative estimate of drug-likeness (QED) is 0.894. The molecule has 110 valence electrons. The number of aliphatic carboxylic acids is 1. The van der Waals surface area contributed by atoms with Crippen molar-refractivity contribution in [1.82, 2.24) is 20.2 Å². The molecule has 1 aromatic heterocycles. The van der Waals surface area contributed by atoms with E-state index in [4.69, 9.17) is 5.11 Å². The third-order valence-electron chi connectivity index (χ3n) is 4.76. The van der Waals surface area contributed by atoms with Crippen molar-refractivity contribution in [2.75, 3.05) is 0 Å². The van der Waals surface area contributed by atoms with Gasteiger partial charge in [-0.05, 0) is 47.9 Å². The number of hydrogen-bond donors (Lipinski definition) is 1. The van der Waals surface area contributed by atoms with Crippen LogP contribution in [0.2, 0.25) is 0 Å². The van der Waals surface area contributed by atoms with Crippen LogP contribution in [0.5, 0.6) is 0 Å². The second-order valence-electron chi connectivity index (χ2n) is 6.44. The first kappa shape index (κ1) is 13.5.